The van der Waals surface area contributed by atoms with Crippen LogP contribution in [0.4, 0.5) is 0 Å². The molecule has 21 heavy (non-hydrogen) atoms. The lowest BCUT2D eigenvalue weighted by molar-refractivity contribution is 0.0929. The summed E-state index contributed by atoms with van der Waals surface area (Å²) in [4.78, 5) is 12.3. The summed E-state index contributed by atoms with van der Waals surface area (Å²) in [5, 5.41) is 15.2. The van der Waals surface area contributed by atoms with Crippen molar-refractivity contribution in [2.75, 3.05) is 6.26 Å². The van der Waals surface area contributed by atoms with Gasteiger partial charge in [0.05, 0.1) is 0 Å². The number of oxime groups is 1. The van der Waals surface area contributed by atoms with Gasteiger partial charge in [-0.3, -0.25) is 4.79 Å². The van der Waals surface area contributed by atoms with E-state index in [4.69, 9.17) is 10.9 Å². The van der Waals surface area contributed by atoms with Crippen molar-refractivity contribution < 1.29 is 10.0 Å². The van der Waals surface area contributed by atoms with Gasteiger partial charge in [-0.25, -0.2) is 0 Å². The maximum atomic E-state index is 12.3. The van der Waals surface area contributed by atoms with Gasteiger partial charge in [0.25, 0.3) is 5.91 Å². The molecule has 5 nitrogen and oxygen atoms in total. The summed E-state index contributed by atoms with van der Waals surface area (Å²) in [5.74, 6) is -0.0244. The highest BCUT2D eigenvalue weighted by Crippen LogP contribution is 2.27. The van der Waals surface area contributed by atoms with Crippen LogP contribution in [0.2, 0.25) is 0 Å². The summed E-state index contributed by atoms with van der Waals surface area (Å²) in [6, 6.07) is 6.98. The molecule has 1 aliphatic carbocycles. The second-order valence-corrected chi connectivity index (χ2v) is 6.28. The highest BCUT2D eigenvalue weighted by Gasteiger charge is 2.25. The molecule has 2 rings (SSSR count). The number of carbonyl (C=O) groups excluding carboxylic acids is 1. The molecule has 0 saturated heterocycles. The topological polar surface area (TPSA) is 87.7 Å². The van der Waals surface area contributed by atoms with E-state index in [-0.39, 0.29) is 17.8 Å². The molecule has 1 saturated carbocycles. The first-order valence-corrected chi connectivity index (χ1v) is 8.36. The highest BCUT2D eigenvalue weighted by molar-refractivity contribution is 7.99. The first-order valence-electron chi connectivity index (χ1n) is 7.07. The molecule has 0 heterocycles. The second kappa shape index (κ2) is 7.36. The summed E-state index contributed by atoms with van der Waals surface area (Å²) in [6.45, 7) is 0. The van der Waals surface area contributed by atoms with Gasteiger partial charge in [-0.2, -0.15) is 11.8 Å². The lowest BCUT2D eigenvalue weighted by atomic mass is 9.94. The Morgan fingerprint density at radius 2 is 1.90 bits per heavy atom. The monoisotopic (exact) mass is 307 g/mol. The van der Waals surface area contributed by atoms with Crippen LogP contribution in [0.15, 0.2) is 29.4 Å². The van der Waals surface area contributed by atoms with Gasteiger partial charge in [0.1, 0.15) is 0 Å². The van der Waals surface area contributed by atoms with E-state index in [1.807, 2.05) is 11.8 Å². The third kappa shape index (κ3) is 3.91. The Morgan fingerprint density at radius 1 is 1.29 bits per heavy atom. The molecule has 6 heteroatoms. The summed E-state index contributed by atoms with van der Waals surface area (Å²) < 4.78 is 0. The van der Waals surface area contributed by atoms with Gasteiger partial charge in [-0.1, -0.05) is 30.1 Å². The largest absolute Gasteiger partial charge is 0.409 e. The summed E-state index contributed by atoms with van der Waals surface area (Å²) in [7, 11) is 0. The molecule has 0 aliphatic heterocycles. The fourth-order valence-electron chi connectivity index (χ4n) is 2.65. The number of hydrogen-bond acceptors (Lipinski definition) is 4. The van der Waals surface area contributed by atoms with Gasteiger partial charge < -0.3 is 16.3 Å². The number of benzene rings is 1. The number of nitrogens with one attached hydrogen (secondary N) is 1. The molecule has 1 fully saturated rings. The van der Waals surface area contributed by atoms with Crippen molar-refractivity contribution in [1.29, 1.82) is 0 Å². The molecule has 1 amide bonds. The van der Waals surface area contributed by atoms with E-state index >= 15 is 0 Å². The molecule has 2 unspecified atom stereocenters. The van der Waals surface area contributed by atoms with Gasteiger partial charge in [0, 0.05) is 22.4 Å². The van der Waals surface area contributed by atoms with E-state index in [1.165, 1.54) is 12.8 Å². The molecular weight excluding hydrogens is 286 g/mol. The van der Waals surface area contributed by atoms with Gasteiger partial charge in [-0.05, 0) is 31.2 Å². The van der Waals surface area contributed by atoms with Crippen LogP contribution in [-0.4, -0.2) is 34.5 Å². The van der Waals surface area contributed by atoms with Crippen molar-refractivity contribution in [3.05, 3.63) is 35.4 Å². The zero-order chi connectivity index (χ0) is 15.2. The first kappa shape index (κ1) is 15.7. The quantitative estimate of drug-likeness (QED) is 0.344. The second-order valence-electron chi connectivity index (χ2n) is 5.20. The average Bonchev–Trinajstić information content (AvgIpc) is 2.54. The predicted octanol–water partition coefficient (Wildman–Crippen LogP) is 2.19. The number of carbonyl (C=O) groups is 1. The molecule has 4 N–H and O–H groups in total. The Morgan fingerprint density at radius 3 is 2.52 bits per heavy atom. The smallest absolute Gasteiger partial charge is 0.251 e. The van der Waals surface area contributed by atoms with Crippen LogP contribution in [0.3, 0.4) is 0 Å². The zero-order valence-corrected chi connectivity index (χ0v) is 12.9. The molecule has 0 bridgehead atoms. The SMILES string of the molecule is CSC1CCCCC1NC(=O)c1ccc(/C(N)=N/O)cc1. The van der Waals surface area contributed by atoms with Gasteiger partial charge in [0.15, 0.2) is 5.84 Å². The number of nitrogens with two attached hydrogens (primary N) is 1. The number of hydrogen-bond donors (Lipinski definition) is 3. The normalized spacial score (nSPS) is 22.8. The lowest BCUT2D eigenvalue weighted by Crippen LogP contribution is -2.43. The molecule has 114 valence electrons. The summed E-state index contributed by atoms with van der Waals surface area (Å²) >= 11 is 1.83. The fourth-order valence-corrected chi connectivity index (χ4v) is 3.58. The minimum atomic E-state index is -0.0630. The maximum absolute atomic E-state index is 12.3. The van der Waals surface area contributed by atoms with Crippen molar-refractivity contribution in [3.8, 4) is 0 Å². The molecule has 1 aromatic carbocycles. The van der Waals surface area contributed by atoms with Crippen LogP contribution < -0.4 is 11.1 Å². The van der Waals surface area contributed by atoms with Crippen molar-refractivity contribution in [2.45, 2.75) is 37.0 Å². The van der Waals surface area contributed by atoms with Gasteiger partial charge >= 0.3 is 0 Å². The Hall–Kier alpha value is -1.69. The lowest BCUT2D eigenvalue weighted by Gasteiger charge is -2.30. The zero-order valence-electron chi connectivity index (χ0n) is 12.1. The van der Waals surface area contributed by atoms with Crippen LogP contribution in [-0.2, 0) is 0 Å². The molecule has 0 spiro atoms. The molecule has 1 aromatic rings. The molecular formula is C15H21N3O2S. The van der Waals surface area contributed by atoms with E-state index in [2.05, 4.69) is 16.7 Å². The number of nitrogens with zero attached hydrogens (tertiary/aromatic N) is 1. The van der Waals surface area contributed by atoms with Gasteiger partial charge in [0.2, 0.25) is 0 Å². The van der Waals surface area contributed by atoms with Crippen molar-refractivity contribution >= 4 is 23.5 Å². The number of thioether (sulfide) groups is 1. The third-order valence-electron chi connectivity index (χ3n) is 3.87. The Balaban J connectivity index is 2.02. The molecule has 2 atom stereocenters. The number of amidine groups is 1. The minimum Gasteiger partial charge on any atom is -0.409 e. The van der Waals surface area contributed by atoms with Crippen LogP contribution in [0, 0.1) is 0 Å². The summed E-state index contributed by atoms with van der Waals surface area (Å²) in [6.07, 6.45) is 6.71. The van der Waals surface area contributed by atoms with Crippen LogP contribution in [0.25, 0.3) is 0 Å². The Bertz CT molecular complexity index is 516. The van der Waals surface area contributed by atoms with E-state index in [0.717, 1.165) is 12.8 Å². The number of amides is 1. The van der Waals surface area contributed by atoms with Crippen molar-refractivity contribution in [3.63, 3.8) is 0 Å². The fraction of sp³-hybridized carbons (Fsp3) is 0.467. The third-order valence-corrected chi connectivity index (χ3v) is 5.04. The van der Waals surface area contributed by atoms with E-state index in [1.54, 1.807) is 24.3 Å². The average molecular weight is 307 g/mol. The van der Waals surface area contributed by atoms with Crippen LogP contribution >= 0.6 is 11.8 Å². The van der Waals surface area contributed by atoms with Crippen molar-refractivity contribution in [2.24, 2.45) is 10.9 Å². The van der Waals surface area contributed by atoms with Crippen LogP contribution in [0.5, 0.6) is 0 Å². The van der Waals surface area contributed by atoms with Crippen molar-refractivity contribution in [1.82, 2.24) is 5.32 Å². The van der Waals surface area contributed by atoms with E-state index < -0.39 is 0 Å². The highest BCUT2D eigenvalue weighted by atomic mass is 32.2. The Labute approximate surface area is 129 Å². The predicted molar refractivity (Wildman–Crippen MR) is 86.0 cm³/mol. The minimum absolute atomic E-state index is 0.0386. The summed E-state index contributed by atoms with van der Waals surface area (Å²) in [5.41, 5.74) is 6.69. The molecule has 0 aromatic heterocycles. The van der Waals surface area contributed by atoms with Gasteiger partial charge in [-0.15, -0.1) is 0 Å². The number of rotatable bonds is 4. The molecule has 0 radical (unpaired) electrons. The standard InChI is InChI=1S/C15H21N3O2S/c1-21-13-5-3-2-4-12(13)17-15(19)11-8-6-10(7-9-11)14(16)18-20/h6-9,12-13,20H,2-5H2,1H3,(H2,16,18)(H,17,19). The van der Waals surface area contributed by atoms with E-state index in [9.17, 15) is 4.79 Å². The first-order chi connectivity index (χ1) is 10.2. The van der Waals surface area contributed by atoms with E-state index in [0.29, 0.717) is 16.4 Å². The maximum Gasteiger partial charge on any atom is 0.251 e. The molecule has 1 aliphatic rings. The Kier molecular flexibility index (Phi) is 5.50. The van der Waals surface area contributed by atoms with Crippen LogP contribution in [0.1, 0.15) is 41.6 Å².